The molecule has 1 rings (SSSR count). The van der Waals surface area contributed by atoms with E-state index in [9.17, 15) is 14.9 Å². The molecule has 0 saturated heterocycles. The first-order chi connectivity index (χ1) is 9.10. The van der Waals surface area contributed by atoms with Gasteiger partial charge in [-0.1, -0.05) is 0 Å². The lowest BCUT2D eigenvalue weighted by molar-refractivity contribution is -0.384. The van der Waals surface area contributed by atoms with Crippen molar-refractivity contribution in [1.82, 2.24) is 9.88 Å². The minimum Gasteiger partial charge on any atom is -0.394 e. The monoisotopic (exact) mass is 271 g/mol. The first-order valence-corrected chi connectivity index (χ1v) is 5.91. The van der Waals surface area contributed by atoms with E-state index in [1.807, 2.05) is 0 Å². The number of nitro groups is 1. The van der Waals surface area contributed by atoms with Gasteiger partial charge in [-0.2, -0.15) is 0 Å². The van der Waals surface area contributed by atoms with E-state index in [0.717, 1.165) is 0 Å². The highest BCUT2D eigenvalue weighted by Gasteiger charge is 2.18. The number of hydrogen-bond donors (Lipinski definition) is 2. The van der Waals surface area contributed by atoms with E-state index < -0.39 is 4.92 Å². The summed E-state index contributed by atoms with van der Waals surface area (Å²) < 4.78 is 6.51. The van der Waals surface area contributed by atoms with Crippen molar-refractivity contribution in [3.63, 3.8) is 0 Å². The van der Waals surface area contributed by atoms with Gasteiger partial charge in [0, 0.05) is 19.2 Å². The Morgan fingerprint density at radius 3 is 2.89 bits per heavy atom. The van der Waals surface area contributed by atoms with Crippen LogP contribution in [0.15, 0.2) is 12.3 Å². The fourth-order valence-electron chi connectivity index (χ4n) is 1.54. The number of carbonyl (C=O) groups is 1. The van der Waals surface area contributed by atoms with Crippen LogP contribution in [0.3, 0.4) is 0 Å². The van der Waals surface area contributed by atoms with E-state index in [0.29, 0.717) is 6.54 Å². The van der Waals surface area contributed by atoms with Gasteiger partial charge in [-0.05, 0) is 6.92 Å². The number of aromatic nitrogens is 1. The molecule has 0 radical (unpaired) electrons. The summed E-state index contributed by atoms with van der Waals surface area (Å²) in [4.78, 5) is 22.0. The van der Waals surface area contributed by atoms with Gasteiger partial charge in [-0.25, -0.2) is 0 Å². The lowest BCUT2D eigenvalue weighted by atomic mass is 10.3. The van der Waals surface area contributed by atoms with Crippen LogP contribution in [-0.2, 0) is 11.3 Å². The summed E-state index contributed by atoms with van der Waals surface area (Å²) in [6.45, 7) is 2.97. The van der Waals surface area contributed by atoms with Crippen molar-refractivity contribution >= 4 is 11.6 Å². The molecular formula is C11H17N3O5. The summed E-state index contributed by atoms with van der Waals surface area (Å²) >= 11 is 0. The number of carbonyl (C=O) groups excluding carboxylic acids is 1. The molecule has 0 atom stereocenters. The van der Waals surface area contributed by atoms with Crippen molar-refractivity contribution in [3.8, 4) is 0 Å². The largest absolute Gasteiger partial charge is 0.394 e. The van der Waals surface area contributed by atoms with Gasteiger partial charge in [0.1, 0.15) is 5.69 Å². The van der Waals surface area contributed by atoms with Crippen LogP contribution in [0.4, 0.5) is 5.69 Å². The van der Waals surface area contributed by atoms with Gasteiger partial charge in [-0.3, -0.25) is 14.9 Å². The average Bonchev–Trinajstić information content (AvgIpc) is 2.82. The molecule has 0 aliphatic rings. The zero-order chi connectivity index (χ0) is 14.3. The minimum absolute atomic E-state index is 0.0706. The Labute approximate surface area is 110 Å². The summed E-state index contributed by atoms with van der Waals surface area (Å²) in [6, 6.07) is 1.24. The zero-order valence-corrected chi connectivity index (χ0v) is 10.7. The van der Waals surface area contributed by atoms with Crippen LogP contribution < -0.4 is 5.32 Å². The molecule has 1 aromatic heterocycles. The average molecular weight is 271 g/mol. The Bertz CT molecular complexity index is 444. The van der Waals surface area contributed by atoms with E-state index >= 15 is 0 Å². The van der Waals surface area contributed by atoms with Crippen LogP contribution in [0.2, 0.25) is 0 Å². The number of aryl methyl sites for hydroxylation is 1. The van der Waals surface area contributed by atoms with E-state index in [4.69, 9.17) is 9.84 Å². The van der Waals surface area contributed by atoms with Crippen LogP contribution in [0, 0.1) is 10.1 Å². The van der Waals surface area contributed by atoms with Crippen LogP contribution >= 0.6 is 0 Å². The standard InChI is InChI=1S/C11H17N3O5/c1-2-13-8-9(14(17)18)7-10(13)11(16)12-3-5-19-6-4-15/h7-8,15H,2-6H2,1H3,(H,12,16). The highest BCUT2D eigenvalue weighted by atomic mass is 16.6. The third-order valence-electron chi connectivity index (χ3n) is 2.43. The first kappa shape index (κ1) is 15.1. The maximum atomic E-state index is 11.8. The quantitative estimate of drug-likeness (QED) is 0.398. The molecule has 0 saturated carbocycles. The lowest BCUT2D eigenvalue weighted by Crippen LogP contribution is -2.29. The van der Waals surface area contributed by atoms with Crippen LogP contribution in [0.5, 0.6) is 0 Å². The minimum atomic E-state index is -0.534. The zero-order valence-electron chi connectivity index (χ0n) is 10.7. The molecule has 1 amide bonds. The second-order valence-electron chi connectivity index (χ2n) is 3.72. The van der Waals surface area contributed by atoms with Gasteiger partial charge in [0.05, 0.1) is 30.9 Å². The second kappa shape index (κ2) is 7.49. The van der Waals surface area contributed by atoms with Crippen LogP contribution in [0.25, 0.3) is 0 Å². The van der Waals surface area contributed by atoms with Crippen LogP contribution in [0.1, 0.15) is 17.4 Å². The summed E-state index contributed by atoms with van der Waals surface area (Å²) in [6.07, 6.45) is 1.33. The number of aliphatic hydroxyl groups excluding tert-OH is 1. The third-order valence-corrected chi connectivity index (χ3v) is 2.43. The van der Waals surface area contributed by atoms with E-state index in [-0.39, 0.29) is 43.7 Å². The SMILES string of the molecule is CCn1cc([N+](=O)[O-])cc1C(=O)NCCOCCO. The number of amides is 1. The lowest BCUT2D eigenvalue weighted by Gasteiger charge is -2.07. The van der Waals surface area contributed by atoms with Crippen molar-refractivity contribution in [2.75, 3.05) is 26.4 Å². The first-order valence-electron chi connectivity index (χ1n) is 5.91. The van der Waals surface area contributed by atoms with Gasteiger partial charge in [-0.15, -0.1) is 0 Å². The van der Waals surface area contributed by atoms with Gasteiger partial charge >= 0.3 is 0 Å². The second-order valence-corrected chi connectivity index (χ2v) is 3.72. The molecule has 0 aliphatic heterocycles. The van der Waals surface area contributed by atoms with E-state index in [1.165, 1.54) is 16.8 Å². The molecule has 0 aromatic carbocycles. The Balaban J connectivity index is 2.58. The molecule has 1 aromatic rings. The molecule has 0 bridgehead atoms. The number of ether oxygens (including phenoxy) is 1. The fraction of sp³-hybridized carbons (Fsp3) is 0.545. The predicted octanol–water partition coefficient (Wildman–Crippen LogP) is 0.155. The normalized spacial score (nSPS) is 10.4. The van der Waals surface area contributed by atoms with Gasteiger partial charge in [0.2, 0.25) is 0 Å². The Morgan fingerprint density at radius 2 is 2.32 bits per heavy atom. The summed E-state index contributed by atoms with van der Waals surface area (Å²) in [5, 5.41) is 21.7. The van der Waals surface area contributed by atoms with Gasteiger partial charge < -0.3 is 19.7 Å². The van der Waals surface area contributed by atoms with Crippen molar-refractivity contribution in [2.45, 2.75) is 13.5 Å². The number of rotatable bonds is 8. The molecule has 0 fully saturated rings. The Kier molecular flexibility index (Phi) is 5.97. The number of hydrogen-bond acceptors (Lipinski definition) is 5. The fourth-order valence-corrected chi connectivity index (χ4v) is 1.54. The van der Waals surface area contributed by atoms with Crippen molar-refractivity contribution < 1.29 is 19.6 Å². The number of nitrogens with one attached hydrogen (secondary N) is 1. The summed E-state index contributed by atoms with van der Waals surface area (Å²) in [5.41, 5.74) is 0.139. The predicted molar refractivity (Wildman–Crippen MR) is 67.0 cm³/mol. The van der Waals surface area contributed by atoms with Crippen molar-refractivity contribution in [3.05, 3.63) is 28.1 Å². The van der Waals surface area contributed by atoms with E-state index in [1.54, 1.807) is 6.92 Å². The van der Waals surface area contributed by atoms with Crippen LogP contribution in [-0.4, -0.2) is 46.9 Å². The smallest absolute Gasteiger partial charge is 0.287 e. The number of aliphatic hydroxyl groups is 1. The van der Waals surface area contributed by atoms with Gasteiger partial charge in [0.25, 0.3) is 11.6 Å². The molecule has 2 N–H and O–H groups in total. The van der Waals surface area contributed by atoms with Crippen molar-refractivity contribution in [2.24, 2.45) is 0 Å². The molecule has 0 aliphatic carbocycles. The highest BCUT2D eigenvalue weighted by molar-refractivity contribution is 5.93. The Morgan fingerprint density at radius 1 is 1.58 bits per heavy atom. The maximum Gasteiger partial charge on any atom is 0.287 e. The third kappa shape index (κ3) is 4.34. The molecule has 106 valence electrons. The van der Waals surface area contributed by atoms with Crippen molar-refractivity contribution in [1.29, 1.82) is 0 Å². The topological polar surface area (TPSA) is 107 Å². The van der Waals surface area contributed by atoms with E-state index in [2.05, 4.69) is 5.32 Å². The maximum absolute atomic E-state index is 11.8. The highest BCUT2D eigenvalue weighted by Crippen LogP contribution is 2.16. The Hall–Kier alpha value is -1.93. The summed E-state index contributed by atoms with van der Waals surface area (Å²) in [5.74, 6) is -0.387. The van der Waals surface area contributed by atoms with Gasteiger partial charge in [0.15, 0.2) is 0 Å². The molecule has 1 heterocycles. The number of nitrogens with zero attached hydrogens (tertiary/aromatic N) is 2. The summed E-state index contributed by atoms with van der Waals surface area (Å²) in [7, 11) is 0. The molecule has 8 heteroatoms. The molecule has 0 unspecified atom stereocenters. The molecular weight excluding hydrogens is 254 g/mol. The molecule has 19 heavy (non-hydrogen) atoms. The molecule has 8 nitrogen and oxygen atoms in total. The molecule has 0 spiro atoms.